The van der Waals surface area contributed by atoms with Crippen LogP contribution in [0.1, 0.15) is 47.4 Å². The van der Waals surface area contributed by atoms with Crippen LogP contribution in [0, 0.1) is 5.41 Å². The molecule has 3 heterocycles. The number of likely N-dealkylation sites (tertiary alicyclic amines) is 1. The van der Waals surface area contributed by atoms with Crippen molar-refractivity contribution in [1.29, 1.82) is 0 Å². The van der Waals surface area contributed by atoms with Crippen LogP contribution >= 0.6 is 0 Å². The Balaban J connectivity index is 1.64. The molecule has 1 aromatic rings. The molecule has 138 valence electrons. The van der Waals surface area contributed by atoms with Crippen LogP contribution in [0.25, 0.3) is 0 Å². The number of ketones is 1. The van der Waals surface area contributed by atoms with Gasteiger partial charge in [-0.3, -0.25) is 14.6 Å². The van der Waals surface area contributed by atoms with Crippen LogP contribution in [0.4, 0.5) is 5.69 Å². The molecule has 0 aliphatic carbocycles. The fourth-order valence-corrected chi connectivity index (χ4v) is 4.16. The van der Waals surface area contributed by atoms with Crippen molar-refractivity contribution in [1.82, 2.24) is 4.90 Å². The molecule has 1 saturated heterocycles. The summed E-state index contributed by atoms with van der Waals surface area (Å²) in [6, 6.07) is 5.59. The summed E-state index contributed by atoms with van der Waals surface area (Å²) in [5.41, 5.74) is 2.06. The number of aliphatic imine (C=N–C) groups is 1. The number of rotatable bonds is 3. The van der Waals surface area contributed by atoms with Crippen molar-refractivity contribution >= 4 is 23.2 Å². The van der Waals surface area contributed by atoms with E-state index in [1.54, 1.807) is 13.2 Å². The number of amidine groups is 1. The molecule has 1 fully saturated rings. The van der Waals surface area contributed by atoms with Gasteiger partial charge >= 0.3 is 0 Å². The van der Waals surface area contributed by atoms with Gasteiger partial charge in [0.25, 0.3) is 5.91 Å². The largest absolute Gasteiger partial charge is 0.383 e. The zero-order valence-electron chi connectivity index (χ0n) is 15.6. The molecular weight excluding hydrogens is 330 g/mol. The smallest absolute Gasteiger partial charge is 0.254 e. The lowest BCUT2D eigenvalue weighted by molar-refractivity contribution is 0.0630. The van der Waals surface area contributed by atoms with Crippen LogP contribution in [-0.4, -0.2) is 61.8 Å². The number of carbonyl (C=O) groups excluding carboxylic acids is 2. The first-order chi connectivity index (χ1) is 12.4. The molecule has 6 nitrogen and oxygen atoms in total. The summed E-state index contributed by atoms with van der Waals surface area (Å²) in [5.74, 6) is 0.426. The lowest BCUT2D eigenvalue weighted by atomic mass is 9.91. The molecule has 0 radical (unpaired) electrons. The molecule has 0 N–H and O–H groups in total. The Morgan fingerprint density at radius 2 is 2.19 bits per heavy atom. The van der Waals surface area contributed by atoms with Crippen LogP contribution < -0.4 is 4.90 Å². The highest BCUT2D eigenvalue weighted by molar-refractivity contribution is 6.54. The molecule has 0 bridgehead atoms. The first-order valence-electron chi connectivity index (χ1n) is 9.22. The van der Waals surface area contributed by atoms with Crippen LogP contribution in [0.3, 0.4) is 0 Å². The van der Waals surface area contributed by atoms with Crippen LogP contribution in [0.5, 0.6) is 0 Å². The third-order valence-electron chi connectivity index (χ3n) is 5.48. The number of methoxy groups -OCH3 is 1. The zero-order valence-corrected chi connectivity index (χ0v) is 15.6. The quantitative estimate of drug-likeness (QED) is 0.835. The van der Waals surface area contributed by atoms with E-state index in [1.165, 1.54) is 0 Å². The van der Waals surface area contributed by atoms with Gasteiger partial charge in [-0.25, -0.2) is 0 Å². The second kappa shape index (κ2) is 6.20. The van der Waals surface area contributed by atoms with Crippen molar-refractivity contribution in [3.05, 3.63) is 29.3 Å². The van der Waals surface area contributed by atoms with Gasteiger partial charge in [-0.1, -0.05) is 13.8 Å². The molecule has 6 heteroatoms. The van der Waals surface area contributed by atoms with Gasteiger partial charge in [0.05, 0.1) is 23.9 Å². The first-order valence-corrected chi connectivity index (χ1v) is 9.22. The average Bonchev–Trinajstić information content (AvgIpc) is 3.17. The van der Waals surface area contributed by atoms with Gasteiger partial charge in [-0.05, 0) is 31.0 Å². The van der Waals surface area contributed by atoms with E-state index in [0.29, 0.717) is 30.1 Å². The fourth-order valence-electron chi connectivity index (χ4n) is 4.16. The first kappa shape index (κ1) is 17.2. The number of hydrogen-bond acceptors (Lipinski definition) is 5. The van der Waals surface area contributed by atoms with Gasteiger partial charge in [-0.15, -0.1) is 0 Å². The molecular formula is C20H25N3O3. The minimum atomic E-state index is -0.0694. The maximum Gasteiger partial charge on any atom is 0.254 e. The monoisotopic (exact) mass is 355 g/mol. The normalized spacial score (nSPS) is 23.7. The van der Waals surface area contributed by atoms with Gasteiger partial charge in [0.1, 0.15) is 0 Å². The van der Waals surface area contributed by atoms with E-state index in [2.05, 4.69) is 18.8 Å². The highest BCUT2D eigenvalue weighted by Crippen LogP contribution is 2.36. The van der Waals surface area contributed by atoms with Crippen LogP contribution in [0.15, 0.2) is 23.2 Å². The standard InChI is InChI=1S/C20H25N3O3/c1-20(2)11-21-18-17(24)15-9-13(6-7-16(15)23(18)12-20)19(25)22-8-4-5-14(22)10-26-3/h6-7,9,14H,4-5,8,10-12H2,1-3H3/t14-/m0/s1. The summed E-state index contributed by atoms with van der Waals surface area (Å²) in [6.07, 6.45) is 1.95. The van der Waals surface area contributed by atoms with Gasteiger partial charge < -0.3 is 14.5 Å². The highest BCUT2D eigenvalue weighted by atomic mass is 16.5. The van der Waals surface area contributed by atoms with E-state index >= 15 is 0 Å². The number of Topliss-reactive ketones (excluding diaryl/α,β-unsaturated/α-hetero) is 1. The molecule has 1 amide bonds. The molecule has 0 spiro atoms. The topological polar surface area (TPSA) is 62.2 Å². The van der Waals surface area contributed by atoms with Crippen molar-refractivity contribution < 1.29 is 14.3 Å². The number of carbonyl (C=O) groups is 2. The Labute approximate surface area is 153 Å². The molecule has 4 rings (SSSR count). The predicted molar refractivity (Wildman–Crippen MR) is 100 cm³/mol. The molecule has 0 unspecified atom stereocenters. The summed E-state index contributed by atoms with van der Waals surface area (Å²) < 4.78 is 5.25. The van der Waals surface area contributed by atoms with Crippen molar-refractivity contribution in [2.75, 3.05) is 38.3 Å². The van der Waals surface area contributed by atoms with E-state index in [-0.39, 0.29) is 23.1 Å². The molecule has 1 atom stereocenters. The van der Waals surface area contributed by atoms with E-state index in [9.17, 15) is 9.59 Å². The SMILES string of the molecule is COC[C@@H]1CCCN1C(=O)c1ccc2c(c1)C(=O)C1=NCC(C)(C)CN12. The fraction of sp³-hybridized carbons (Fsp3) is 0.550. The lowest BCUT2D eigenvalue weighted by Crippen LogP contribution is -2.44. The summed E-state index contributed by atoms with van der Waals surface area (Å²) in [7, 11) is 1.66. The summed E-state index contributed by atoms with van der Waals surface area (Å²) in [5, 5.41) is 0. The van der Waals surface area contributed by atoms with Gasteiger partial charge in [0.2, 0.25) is 5.78 Å². The molecule has 3 aliphatic rings. The third kappa shape index (κ3) is 2.72. The number of benzene rings is 1. The Morgan fingerprint density at radius 1 is 1.38 bits per heavy atom. The summed E-state index contributed by atoms with van der Waals surface area (Å²) in [4.78, 5) is 34.1. The molecule has 3 aliphatic heterocycles. The Bertz CT molecular complexity index is 799. The highest BCUT2D eigenvalue weighted by Gasteiger charge is 2.40. The molecule has 26 heavy (non-hydrogen) atoms. The van der Waals surface area contributed by atoms with E-state index < -0.39 is 0 Å². The predicted octanol–water partition coefficient (Wildman–Crippen LogP) is 2.38. The Morgan fingerprint density at radius 3 is 2.96 bits per heavy atom. The van der Waals surface area contributed by atoms with Crippen molar-refractivity contribution in [3.63, 3.8) is 0 Å². The number of hydrogen-bond donors (Lipinski definition) is 0. The second-order valence-corrected chi connectivity index (χ2v) is 8.20. The number of fused-ring (bicyclic) bond motifs is 3. The van der Waals surface area contributed by atoms with Crippen LogP contribution in [0.2, 0.25) is 0 Å². The Hall–Kier alpha value is -2.21. The number of amides is 1. The maximum absolute atomic E-state index is 13.0. The second-order valence-electron chi connectivity index (χ2n) is 8.20. The number of nitrogens with zero attached hydrogens (tertiary/aromatic N) is 3. The average molecular weight is 355 g/mol. The lowest BCUT2D eigenvalue weighted by Gasteiger charge is -2.34. The minimum absolute atomic E-state index is 0.0210. The summed E-state index contributed by atoms with van der Waals surface area (Å²) >= 11 is 0. The van der Waals surface area contributed by atoms with E-state index in [1.807, 2.05) is 21.9 Å². The summed E-state index contributed by atoms with van der Waals surface area (Å²) in [6.45, 7) is 7.00. The van der Waals surface area contributed by atoms with Gasteiger partial charge in [0, 0.05) is 37.7 Å². The van der Waals surface area contributed by atoms with Gasteiger partial charge in [0.15, 0.2) is 5.84 Å². The Kier molecular flexibility index (Phi) is 4.10. The van der Waals surface area contributed by atoms with Crippen molar-refractivity contribution in [2.24, 2.45) is 10.4 Å². The van der Waals surface area contributed by atoms with Crippen molar-refractivity contribution in [3.8, 4) is 0 Å². The third-order valence-corrected chi connectivity index (χ3v) is 5.48. The van der Waals surface area contributed by atoms with Crippen molar-refractivity contribution in [2.45, 2.75) is 32.7 Å². The number of anilines is 1. The number of ether oxygens (including phenoxy) is 1. The van der Waals surface area contributed by atoms with Gasteiger partial charge in [-0.2, -0.15) is 0 Å². The maximum atomic E-state index is 13.0. The molecule has 1 aromatic carbocycles. The zero-order chi connectivity index (χ0) is 18.5. The molecule has 0 aromatic heterocycles. The van der Waals surface area contributed by atoms with Crippen LogP contribution in [-0.2, 0) is 4.74 Å². The minimum Gasteiger partial charge on any atom is -0.383 e. The van der Waals surface area contributed by atoms with E-state index in [4.69, 9.17) is 4.74 Å². The van der Waals surface area contributed by atoms with E-state index in [0.717, 1.165) is 31.6 Å². The molecule has 0 saturated carbocycles.